The highest BCUT2D eigenvalue weighted by atomic mass is 19.4. The highest BCUT2D eigenvalue weighted by molar-refractivity contribution is 5.78. The van der Waals surface area contributed by atoms with Crippen LogP contribution in [0.2, 0.25) is 0 Å². The van der Waals surface area contributed by atoms with Crippen molar-refractivity contribution in [2.45, 2.75) is 18.6 Å². The van der Waals surface area contributed by atoms with Crippen LogP contribution in [0.3, 0.4) is 0 Å². The van der Waals surface area contributed by atoms with Gasteiger partial charge in [-0.15, -0.1) is 0 Å². The monoisotopic (exact) mass is 243 g/mol. The van der Waals surface area contributed by atoms with E-state index in [1.54, 1.807) is 0 Å². The van der Waals surface area contributed by atoms with Crippen molar-refractivity contribution in [3.63, 3.8) is 0 Å². The van der Waals surface area contributed by atoms with Crippen LogP contribution in [0.4, 0.5) is 13.2 Å². The molecular formula is C11H12F3N3. The Labute approximate surface area is 96.5 Å². The summed E-state index contributed by atoms with van der Waals surface area (Å²) in [5.74, 6) is 0.334. The van der Waals surface area contributed by atoms with Gasteiger partial charge in [-0.1, -0.05) is 12.1 Å². The number of nitrogens with two attached hydrogens (primary N) is 1. The highest BCUT2D eigenvalue weighted by Gasteiger charge is 2.30. The number of nitrogens with zero attached hydrogens (tertiary/aromatic N) is 1. The van der Waals surface area contributed by atoms with Gasteiger partial charge in [-0.05, 0) is 24.1 Å². The fraction of sp³-hybridized carbons (Fsp3) is 0.364. The number of rotatable bonds is 1. The number of aliphatic imine (C=N–C) groups is 1. The molecule has 1 aliphatic heterocycles. The van der Waals surface area contributed by atoms with Crippen LogP contribution in [0, 0.1) is 0 Å². The van der Waals surface area contributed by atoms with Crippen LogP contribution < -0.4 is 11.1 Å². The Morgan fingerprint density at radius 2 is 1.88 bits per heavy atom. The molecule has 1 aromatic rings. The molecule has 17 heavy (non-hydrogen) atoms. The van der Waals surface area contributed by atoms with Gasteiger partial charge in [0.1, 0.15) is 0 Å². The number of benzene rings is 1. The van der Waals surface area contributed by atoms with Gasteiger partial charge in [0, 0.05) is 6.54 Å². The third-order valence-corrected chi connectivity index (χ3v) is 2.64. The van der Waals surface area contributed by atoms with Crippen LogP contribution >= 0.6 is 0 Å². The molecule has 1 aliphatic rings. The van der Waals surface area contributed by atoms with E-state index in [-0.39, 0.29) is 6.04 Å². The second kappa shape index (κ2) is 4.27. The molecule has 1 aromatic carbocycles. The summed E-state index contributed by atoms with van der Waals surface area (Å²) in [4.78, 5) is 4.15. The molecular weight excluding hydrogens is 231 g/mol. The molecule has 0 bridgehead atoms. The van der Waals surface area contributed by atoms with Gasteiger partial charge < -0.3 is 11.1 Å². The van der Waals surface area contributed by atoms with Crippen molar-refractivity contribution in [1.82, 2.24) is 5.32 Å². The summed E-state index contributed by atoms with van der Waals surface area (Å²) in [6.07, 6.45) is -3.57. The molecule has 1 atom stereocenters. The maximum atomic E-state index is 12.4. The lowest BCUT2D eigenvalue weighted by Gasteiger charge is -2.20. The van der Waals surface area contributed by atoms with Gasteiger partial charge in [-0.3, -0.25) is 0 Å². The lowest BCUT2D eigenvalue weighted by atomic mass is 10.0. The summed E-state index contributed by atoms with van der Waals surface area (Å²) in [7, 11) is 0. The van der Waals surface area contributed by atoms with Crippen molar-refractivity contribution in [1.29, 1.82) is 0 Å². The van der Waals surface area contributed by atoms with Crippen LogP contribution in [0.1, 0.15) is 23.6 Å². The van der Waals surface area contributed by atoms with Crippen molar-refractivity contribution in [3.8, 4) is 0 Å². The molecule has 3 nitrogen and oxygen atoms in total. The summed E-state index contributed by atoms with van der Waals surface area (Å²) < 4.78 is 37.1. The minimum atomic E-state index is -4.30. The molecule has 1 unspecified atom stereocenters. The van der Waals surface area contributed by atoms with Crippen molar-refractivity contribution < 1.29 is 13.2 Å². The fourth-order valence-corrected chi connectivity index (χ4v) is 1.75. The fourth-order valence-electron chi connectivity index (χ4n) is 1.75. The Morgan fingerprint density at radius 1 is 1.24 bits per heavy atom. The van der Waals surface area contributed by atoms with E-state index in [1.165, 1.54) is 12.1 Å². The summed E-state index contributed by atoms with van der Waals surface area (Å²) in [6.45, 7) is 0.682. The second-order valence-electron chi connectivity index (χ2n) is 3.87. The minimum absolute atomic E-state index is 0.154. The third-order valence-electron chi connectivity index (χ3n) is 2.64. The Bertz CT molecular complexity index is 423. The van der Waals surface area contributed by atoms with Crippen molar-refractivity contribution in [3.05, 3.63) is 35.4 Å². The van der Waals surface area contributed by atoms with Crippen LogP contribution in [0.15, 0.2) is 29.3 Å². The predicted octanol–water partition coefficient (Wildman–Crippen LogP) is 2.05. The molecule has 6 heteroatoms. The van der Waals surface area contributed by atoms with Crippen molar-refractivity contribution in [2.24, 2.45) is 10.7 Å². The van der Waals surface area contributed by atoms with Crippen LogP contribution in [0.5, 0.6) is 0 Å². The number of nitrogens with one attached hydrogen (secondary N) is 1. The first-order valence-electron chi connectivity index (χ1n) is 5.21. The zero-order valence-electron chi connectivity index (χ0n) is 8.96. The molecule has 0 amide bonds. The van der Waals surface area contributed by atoms with E-state index in [4.69, 9.17) is 5.73 Å². The average Bonchev–Trinajstić information content (AvgIpc) is 2.28. The van der Waals surface area contributed by atoms with Crippen LogP contribution in [-0.2, 0) is 6.18 Å². The van der Waals surface area contributed by atoms with E-state index in [9.17, 15) is 13.2 Å². The van der Waals surface area contributed by atoms with E-state index in [1.807, 2.05) is 0 Å². The smallest absolute Gasteiger partial charge is 0.370 e. The minimum Gasteiger partial charge on any atom is -0.370 e. The maximum absolute atomic E-state index is 12.4. The van der Waals surface area contributed by atoms with Crippen molar-refractivity contribution >= 4 is 5.96 Å². The van der Waals surface area contributed by atoms with Crippen LogP contribution in [-0.4, -0.2) is 12.5 Å². The molecule has 0 spiro atoms. The van der Waals surface area contributed by atoms with Crippen LogP contribution in [0.25, 0.3) is 0 Å². The standard InChI is InChI=1S/C11H12F3N3/c12-11(13,14)8-3-1-7(2-4-8)9-5-6-16-10(15)17-9/h1-4,9H,5-6H2,(H3,15,16,17). The zero-order valence-corrected chi connectivity index (χ0v) is 8.96. The van der Waals surface area contributed by atoms with E-state index in [0.29, 0.717) is 12.5 Å². The van der Waals surface area contributed by atoms with Gasteiger partial charge in [0.25, 0.3) is 0 Å². The van der Waals surface area contributed by atoms with Gasteiger partial charge in [-0.2, -0.15) is 13.2 Å². The zero-order chi connectivity index (χ0) is 12.5. The normalized spacial score (nSPS) is 20.6. The Morgan fingerprint density at radius 3 is 2.41 bits per heavy atom. The SMILES string of the molecule is NC1=NC(c2ccc(C(F)(F)F)cc2)CCN1. The van der Waals surface area contributed by atoms with E-state index < -0.39 is 11.7 Å². The number of hydrogen-bond donors (Lipinski definition) is 2. The molecule has 3 N–H and O–H groups in total. The average molecular weight is 243 g/mol. The molecule has 2 rings (SSSR count). The van der Waals surface area contributed by atoms with Gasteiger partial charge in [-0.25, -0.2) is 4.99 Å². The number of alkyl halides is 3. The molecule has 0 aliphatic carbocycles. The van der Waals surface area contributed by atoms with E-state index in [0.717, 1.165) is 24.1 Å². The number of guanidine groups is 1. The molecule has 92 valence electrons. The molecule has 0 saturated carbocycles. The Kier molecular flexibility index (Phi) is 2.95. The second-order valence-corrected chi connectivity index (χ2v) is 3.87. The number of hydrogen-bond acceptors (Lipinski definition) is 3. The Balaban J connectivity index is 2.21. The van der Waals surface area contributed by atoms with Gasteiger partial charge in [0.05, 0.1) is 11.6 Å². The summed E-state index contributed by atoms with van der Waals surface area (Å²) in [6, 6.07) is 4.90. The highest BCUT2D eigenvalue weighted by Crippen LogP contribution is 2.31. The third kappa shape index (κ3) is 2.69. The topological polar surface area (TPSA) is 50.4 Å². The Hall–Kier alpha value is -1.72. The summed E-state index contributed by atoms with van der Waals surface area (Å²) in [5.41, 5.74) is 5.63. The maximum Gasteiger partial charge on any atom is 0.416 e. The van der Waals surface area contributed by atoms with Gasteiger partial charge in [0.2, 0.25) is 0 Å². The predicted molar refractivity (Wildman–Crippen MR) is 58.4 cm³/mol. The first kappa shape index (κ1) is 11.8. The summed E-state index contributed by atoms with van der Waals surface area (Å²) in [5, 5.41) is 2.87. The lowest BCUT2D eigenvalue weighted by Crippen LogP contribution is -2.36. The quantitative estimate of drug-likeness (QED) is 0.793. The summed E-state index contributed by atoms with van der Waals surface area (Å²) >= 11 is 0. The van der Waals surface area contributed by atoms with E-state index >= 15 is 0 Å². The van der Waals surface area contributed by atoms with Crippen molar-refractivity contribution in [2.75, 3.05) is 6.54 Å². The lowest BCUT2D eigenvalue weighted by molar-refractivity contribution is -0.137. The molecule has 0 fully saturated rings. The molecule has 0 aromatic heterocycles. The molecule has 0 saturated heterocycles. The molecule has 0 radical (unpaired) electrons. The largest absolute Gasteiger partial charge is 0.416 e. The van der Waals surface area contributed by atoms with E-state index in [2.05, 4.69) is 10.3 Å². The first-order chi connectivity index (χ1) is 7.97. The van der Waals surface area contributed by atoms with Gasteiger partial charge in [0.15, 0.2) is 5.96 Å². The molecule has 1 heterocycles. The first-order valence-corrected chi connectivity index (χ1v) is 5.21. The van der Waals surface area contributed by atoms with Gasteiger partial charge >= 0.3 is 6.18 Å². The number of halogens is 3.